The van der Waals surface area contributed by atoms with Crippen LogP contribution < -0.4 is 11.1 Å². The second kappa shape index (κ2) is 9.14. The molecule has 0 bridgehead atoms. The van der Waals surface area contributed by atoms with Crippen LogP contribution in [0.3, 0.4) is 0 Å². The lowest BCUT2D eigenvalue weighted by atomic mass is 10.0. The molecule has 1 aromatic carbocycles. The summed E-state index contributed by atoms with van der Waals surface area (Å²) in [4.78, 5) is 20.3. The Morgan fingerprint density at radius 2 is 1.93 bits per heavy atom. The fourth-order valence-corrected chi connectivity index (χ4v) is 2.41. The number of rotatable bonds is 6. The number of aryl methyl sites for hydroxylation is 1. The summed E-state index contributed by atoms with van der Waals surface area (Å²) in [6.07, 6.45) is 2.11. The molecule has 3 rings (SSSR count). The average Bonchev–Trinajstić information content (AvgIpc) is 3.11. The van der Waals surface area contributed by atoms with Gasteiger partial charge in [-0.1, -0.05) is 43.3 Å². The summed E-state index contributed by atoms with van der Waals surface area (Å²) < 4.78 is 5.24. The van der Waals surface area contributed by atoms with Crippen LogP contribution in [0.2, 0.25) is 0 Å². The molecule has 0 aliphatic carbocycles. The average molecular weight is 388 g/mol. The standard InChI is InChI=1S/C19H21N5O2.ClH/c1-12(2)13-3-5-14(6-4-13)19-23-18(26-24-19)10-9-17(25)22-15-7-8-16(20)21-11-15;/h3-8,11-12H,9-10H2,1-2H3,(H2,20,21)(H,22,25);1H. The summed E-state index contributed by atoms with van der Waals surface area (Å²) in [5.74, 6) is 1.68. The van der Waals surface area contributed by atoms with Crippen LogP contribution in [0, 0.1) is 0 Å². The SMILES string of the molecule is CC(C)c1ccc(-c2noc(CCC(=O)Nc3ccc(N)nc3)n2)cc1.Cl. The Bertz CT molecular complexity index is 876. The molecule has 7 nitrogen and oxygen atoms in total. The first kappa shape index (κ1) is 20.4. The minimum absolute atomic E-state index is 0. The highest BCUT2D eigenvalue weighted by atomic mass is 35.5. The fourth-order valence-electron chi connectivity index (χ4n) is 2.41. The van der Waals surface area contributed by atoms with Gasteiger partial charge in [0.05, 0.1) is 11.9 Å². The van der Waals surface area contributed by atoms with Gasteiger partial charge in [-0.05, 0) is 23.6 Å². The number of benzene rings is 1. The van der Waals surface area contributed by atoms with E-state index in [2.05, 4.69) is 46.4 Å². The number of carbonyl (C=O) groups excluding carboxylic acids is 1. The molecular weight excluding hydrogens is 366 g/mol. The Labute approximate surface area is 163 Å². The van der Waals surface area contributed by atoms with Gasteiger partial charge < -0.3 is 15.6 Å². The van der Waals surface area contributed by atoms with E-state index in [1.807, 2.05) is 12.1 Å². The largest absolute Gasteiger partial charge is 0.384 e. The van der Waals surface area contributed by atoms with Crippen LogP contribution in [0.4, 0.5) is 11.5 Å². The van der Waals surface area contributed by atoms with Gasteiger partial charge in [0.25, 0.3) is 0 Å². The number of hydrogen-bond donors (Lipinski definition) is 2. The molecule has 8 heteroatoms. The molecule has 0 radical (unpaired) electrons. The second-order valence-corrected chi connectivity index (χ2v) is 6.31. The molecular formula is C19H22ClN5O2. The molecule has 0 unspecified atom stereocenters. The van der Waals surface area contributed by atoms with E-state index < -0.39 is 0 Å². The van der Waals surface area contributed by atoms with Crippen molar-refractivity contribution in [3.63, 3.8) is 0 Å². The molecule has 0 saturated heterocycles. The van der Waals surface area contributed by atoms with Crippen molar-refractivity contribution in [2.24, 2.45) is 0 Å². The maximum Gasteiger partial charge on any atom is 0.227 e. The van der Waals surface area contributed by atoms with Gasteiger partial charge in [0, 0.05) is 18.4 Å². The Kier molecular flexibility index (Phi) is 6.90. The van der Waals surface area contributed by atoms with Crippen molar-refractivity contribution in [1.82, 2.24) is 15.1 Å². The quantitative estimate of drug-likeness (QED) is 0.665. The van der Waals surface area contributed by atoms with Gasteiger partial charge in [-0.2, -0.15) is 4.98 Å². The van der Waals surface area contributed by atoms with Crippen molar-refractivity contribution in [2.45, 2.75) is 32.6 Å². The van der Waals surface area contributed by atoms with Crippen LogP contribution in [0.15, 0.2) is 47.1 Å². The van der Waals surface area contributed by atoms with E-state index >= 15 is 0 Å². The third-order valence-corrected chi connectivity index (χ3v) is 3.94. The van der Waals surface area contributed by atoms with Crippen LogP contribution in [-0.4, -0.2) is 21.0 Å². The normalized spacial score (nSPS) is 10.5. The summed E-state index contributed by atoms with van der Waals surface area (Å²) >= 11 is 0. The number of amides is 1. The van der Waals surface area contributed by atoms with E-state index in [4.69, 9.17) is 10.3 Å². The number of nitrogens with zero attached hydrogens (tertiary/aromatic N) is 3. The van der Waals surface area contributed by atoms with Crippen molar-refractivity contribution in [3.05, 3.63) is 54.0 Å². The maximum atomic E-state index is 12.0. The fraction of sp³-hybridized carbons (Fsp3) is 0.263. The van der Waals surface area contributed by atoms with Crippen molar-refractivity contribution >= 4 is 29.8 Å². The zero-order valence-electron chi connectivity index (χ0n) is 15.2. The highest BCUT2D eigenvalue weighted by Crippen LogP contribution is 2.20. The van der Waals surface area contributed by atoms with E-state index in [0.717, 1.165) is 5.56 Å². The minimum Gasteiger partial charge on any atom is -0.384 e. The van der Waals surface area contributed by atoms with Crippen LogP contribution in [-0.2, 0) is 11.2 Å². The predicted molar refractivity (Wildman–Crippen MR) is 107 cm³/mol. The molecule has 3 aromatic rings. The highest BCUT2D eigenvalue weighted by molar-refractivity contribution is 5.90. The Balaban J connectivity index is 0.00000261. The van der Waals surface area contributed by atoms with Gasteiger partial charge in [-0.3, -0.25) is 4.79 Å². The molecule has 3 N–H and O–H groups in total. The smallest absolute Gasteiger partial charge is 0.227 e. The predicted octanol–water partition coefficient (Wildman–Crippen LogP) is 3.83. The first-order valence-electron chi connectivity index (χ1n) is 8.45. The van der Waals surface area contributed by atoms with E-state index in [0.29, 0.717) is 35.6 Å². The Morgan fingerprint density at radius 1 is 1.19 bits per heavy atom. The van der Waals surface area contributed by atoms with Crippen molar-refractivity contribution in [1.29, 1.82) is 0 Å². The molecule has 0 fully saturated rings. The number of nitrogens with two attached hydrogens (primary N) is 1. The lowest BCUT2D eigenvalue weighted by molar-refractivity contribution is -0.116. The number of halogens is 1. The van der Waals surface area contributed by atoms with E-state index in [-0.39, 0.29) is 24.7 Å². The third-order valence-electron chi connectivity index (χ3n) is 3.94. The van der Waals surface area contributed by atoms with Gasteiger partial charge in [0.1, 0.15) is 5.82 Å². The summed E-state index contributed by atoms with van der Waals surface area (Å²) in [5, 5.41) is 6.74. The first-order chi connectivity index (χ1) is 12.5. The lowest BCUT2D eigenvalue weighted by Gasteiger charge is -2.04. The number of anilines is 2. The molecule has 0 spiro atoms. The molecule has 2 aromatic heterocycles. The molecule has 0 aliphatic rings. The van der Waals surface area contributed by atoms with E-state index in [9.17, 15) is 4.79 Å². The summed E-state index contributed by atoms with van der Waals surface area (Å²) in [6, 6.07) is 11.4. The third kappa shape index (κ3) is 5.52. The summed E-state index contributed by atoms with van der Waals surface area (Å²) in [5.41, 5.74) is 8.26. The van der Waals surface area contributed by atoms with E-state index in [1.165, 1.54) is 11.8 Å². The number of pyridine rings is 1. The lowest BCUT2D eigenvalue weighted by Crippen LogP contribution is -2.12. The molecule has 0 aliphatic heterocycles. The molecule has 1 amide bonds. The molecule has 0 saturated carbocycles. The maximum absolute atomic E-state index is 12.0. The van der Waals surface area contributed by atoms with Crippen LogP contribution >= 0.6 is 12.4 Å². The van der Waals surface area contributed by atoms with Gasteiger partial charge in [-0.15, -0.1) is 12.4 Å². The molecule has 142 valence electrons. The highest BCUT2D eigenvalue weighted by Gasteiger charge is 2.11. The Morgan fingerprint density at radius 3 is 2.56 bits per heavy atom. The van der Waals surface area contributed by atoms with Crippen molar-refractivity contribution in [2.75, 3.05) is 11.1 Å². The van der Waals surface area contributed by atoms with Crippen LogP contribution in [0.5, 0.6) is 0 Å². The Hall–Kier alpha value is -2.93. The van der Waals surface area contributed by atoms with Gasteiger partial charge in [-0.25, -0.2) is 4.98 Å². The minimum atomic E-state index is -0.155. The van der Waals surface area contributed by atoms with Gasteiger partial charge in [0.15, 0.2) is 0 Å². The summed E-state index contributed by atoms with van der Waals surface area (Å²) in [7, 11) is 0. The number of nitrogens with one attached hydrogen (secondary N) is 1. The van der Waals surface area contributed by atoms with Crippen molar-refractivity contribution < 1.29 is 9.32 Å². The second-order valence-electron chi connectivity index (χ2n) is 6.31. The summed E-state index contributed by atoms with van der Waals surface area (Å²) in [6.45, 7) is 4.29. The van der Waals surface area contributed by atoms with Crippen LogP contribution in [0.1, 0.15) is 37.6 Å². The van der Waals surface area contributed by atoms with E-state index in [1.54, 1.807) is 12.1 Å². The van der Waals surface area contributed by atoms with Crippen LogP contribution in [0.25, 0.3) is 11.4 Å². The zero-order chi connectivity index (χ0) is 18.5. The first-order valence-corrected chi connectivity index (χ1v) is 8.45. The number of carbonyl (C=O) groups is 1. The number of hydrogen-bond acceptors (Lipinski definition) is 6. The monoisotopic (exact) mass is 387 g/mol. The van der Waals surface area contributed by atoms with Gasteiger partial charge >= 0.3 is 0 Å². The van der Waals surface area contributed by atoms with Gasteiger partial charge in [0.2, 0.25) is 17.6 Å². The molecule has 0 atom stereocenters. The molecule has 27 heavy (non-hydrogen) atoms. The number of nitrogen functional groups attached to an aromatic ring is 1. The topological polar surface area (TPSA) is 107 Å². The zero-order valence-corrected chi connectivity index (χ0v) is 16.0. The van der Waals surface area contributed by atoms with Crippen molar-refractivity contribution in [3.8, 4) is 11.4 Å². The molecule has 2 heterocycles. The number of aromatic nitrogens is 3.